The van der Waals surface area contributed by atoms with Crippen molar-refractivity contribution in [2.24, 2.45) is 5.14 Å². The first-order chi connectivity index (χ1) is 10.4. The van der Waals surface area contributed by atoms with E-state index in [9.17, 15) is 13.2 Å². The Kier molecular flexibility index (Phi) is 5.90. The van der Waals surface area contributed by atoms with Crippen molar-refractivity contribution in [3.63, 3.8) is 0 Å². The Bertz CT molecular complexity index is 595. The second-order valence-corrected chi connectivity index (χ2v) is 6.73. The molecule has 0 spiro atoms. The summed E-state index contributed by atoms with van der Waals surface area (Å²) < 4.78 is 27.5. The monoisotopic (exact) mass is 327 g/mol. The van der Waals surface area contributed by atoms with Crippen LogP contribution in [0.1, 0.15) is 12.0 Å². The quantitative estimate of drug-likeness (QED) is 0.745. The van der Waals surface area contributed by atoms with Crippen molar-refractivity contribution in [1.82, 2.24) is 10.2 Å². The highest BCUT2D eigenvalue weighted by atomic mass is 32.2. The number of ether oxygens (including phenoxy) is 1. The van der Waals surface area contributed by atoms with Gasteiger partial charge < -0.3 is 10.1 Å². The van der Waals surface area contributed by atoms with Gasteiger partial charge in [-0.3, -0.25) is 9.69 Å². The molecule has 0 bridgehead atoms. The summed E-state index contributed by atoms with van der Waals surface area (Å²) in [5, 5.41) is 7.85. The number of sulfonamides is 1. The summed E-state index contributed by atoms with van der Waals surface area (Å²) >= 11 is 0. The number of hydrogen-bond acceptors (Lipinski definition) is 5. The first-order valence-corrected chi connectivity index (χ1v) is 8.68. The van der Waals surface area contributed by atoms with Gasteiger partial charge in [-0.25, -0.2) is 13.6 Å². The summed E-state index contributed by atoms with van der Waals surface area (Å²) in [7, 11) is -3.68. The highest BCUT2D eigenvalue weighted by molar-refractivity contribution is 7.89. The molecule has 0 atom stereocenters. The van der Waals surface area contributed by atoms with E-state index in [2.05, 4.69) is 10.2 Å². The lowest BCUT2D eigenvalue weighted by Gasteiger charge is -2.26. The lowest BCUT2D eigenvalue weighted by atomic mass is 10.2. The molecule has 1 aromatic rings. The smallest absolute Gasteiger partial charge is 0.238 e. The maximum atomic E-state index is 11.8. The fraction of sp³-hybridized carbons (Fsp3) is 0.500. The standard InChI is InChI=1S/C14H21N3O4S/c15-22(19,20)13-3-1-12(2-4-13)11-16-14(18)5-6-17-7-9-21-10-8-17/h1-4H,5-11H2,(H,16,18)(H2,15,19,20). The largest absolute Gasteiger partial charge is 0.379 e. The van der Waals surface area contributed by atoms with Crippen LogP contribution in [0.4, 0.5) is 0 Å². The molecule has 0 aliphatic carbocycles. The van der Waals surface area contributed by atoms with Gasteiger partial charge in [-0.1, -0.05) is 12.1 Å². The zero-order valence-corrected chi connectivity index (χ0v) is 13.1. The lowest BCUT2D eigenvalue weighted by Crippen LogP contribution is -2.38. The van der Waals surface area contributed by atoms with Gasteiger partial charge >= 0.3 is 0 Å². The van der Waals surface area contributed by atoms with Gasteiger partial charge in [0.1, 0.15) is 0 Å². The number of nitrogens with two attached hydrogens (primary N) is 1. The van der Waals surface area contributed by atoms with E-state index in [1.165, 1.54) is 12.1 Å². The van der Waals surface area contributed by atoms with E-state index < -0.39 is 10.0 Å². The average Bonchev–Trinajstić information content (AvgIpc) is 2.51. The molecule has 1 aliphatic heterocycles. The molecule has 0 unspecified atom stereocenters. The minimum absolute atomic E-state index is 0.0259. The van der Waals surface area contributed by atoms with Gasteiger partial charge in [-0.2, -0.15) is 0 Å². The maximum absolute atomic E-state index is 11.8. The normalized spacial score (nSPS) is 16.4. The number of nitrogens with zero attached hydrogens (tertiary/aromatic N) is 1. The van der Waals surface area contributed by atoms with Crippen LogP contribution in [-0.4, -0.2) is 52.1 Å². The van der Waals surface area contributed by atoms with Gasteiger partial charge in [-0.05, 0) is 17.7 Å². The zero-order valence-electron chi connectivity index (χ0n) is 12.3. The first-order valence-electron chi connectivity index (χ1n) is 7.14. The topological polar surface area (TPSA) is 102 Å². The van der Waals surface area contributed by atoms with Crippen LogP contribution in [0.3, 0.4) is 0 Å². The summed E-state index contributed by atoms with van der Waals surface area (Å²) in [5.41, 5.74) is 0.826. The van der Waals surface area contributed by atoms with Gasteiger partial charge in [0.25, 0.3) is 0 Å². The zero-order chi connectivity index (χ0) is 16.0. The van der Waals surface area contributed by atoms with E-state index in [1.807, 2.05) is 0 Å². The van der Waals surface area contributed by atoms with Gasteiger partial charge in [-0.15, -0.1) is 0 Å². The summed E-state index contributed by atoms with van der Waals surface area (Å²) in [6, 6.07) is 6.15. The van der Waals surface area contributed by atoms with Crippen molar-refractivity contribution in [1.29, 1.82) is 0 Å². The number of benzene rings is 1. The Morgan fingerprint density at radius 2 is 1.86 bits per heavy atom. The Balaban J connectivity index is 1.73. The highest BCUT2D eigenvalue weighted by Crippen LogP contribution is 2.08. The molecular weight excluding hydrogens is 306 g/mol. The molecule has 8 heteroatoms. The van der Waals surface area contributed by atoms with Crippen LogP contribution in [0.2, 0.25) is 0 Å². The molecule has 7 nitrogen and oxygen atoms in total. The molecule has 0 saturated carbocycles. The third-order valence-electron chi connectivity index (χ3n) is 3.50. The fourth-order valence-corrected chi connectivity index (χ4v) is 2.69. The molecule has 1 amide bonds. The van der Waals surface area contributed by atoms with Crippen molar-refractivity contribution in [3.05, 3.63) is 29.8 Å². The van der Waals surface area contributed by atoms with Gasteiger partial charge in [0.2, 0.25) is 15.9 Å². The van der Waals surface area contributed by atoms with Crippen molar-refractivity contribution in [2.45, 2.75) is 17.9 Å². The van der Waals surface area contributed by atoms with E-state index in [4.69, 9.17) is 9.88 Å². The number of morpholine rings is 1. The number of carbonyl (C=O) groups is 1. The van der Waals surface area contributed by atoms with Gasteiger partial charge in [0.15, 0.2) is 0 Å². The van der Waals surface area contributed by atoms with Crippen molar-refractivity contribution in [2.75, 3.05) is 32.8 Å². The first kappa shape index (κ1) is 16.9. The van der Waals surface area contributed by atoms with Gasteiger partial charge in [0.05, 0.1) is 18.1 Å². The molecule has 2 rings (SSSR count). The highest BCUT2D eigenvalue weighted by Gasteiger charge is 2.12. The molecule has 1 saturated heterocycles. The van der Waals surface area contributed by atoms with E-state index in [-0.39, 0.29) is 10.8 Å². The van der Waals surface area contributed by atoms with Crippen molar-refractivity contribution >= 4 is 15.9 Å². The summed E-state index contributed by atoms with van der Waals surface area (Å²) in [5.74, 6) is -0.0259. The van der Waals surface area contributed by atoms with Crippen LogP contribution < -0.4 is 10.5 Å². The molecule has 1 fully saturated rings. The molecule has 3 N–H and O–H groups in total. The number of primary sulfonamides is 1. The molecule has 22 heavy (non-hydrogen) atoms. The molecule has 0 aromatic heterocycles. The second-order valence-electron chi connectivity index (χ2n) is 5.17. The van der Waals surface area contributed by atoms with Crippen LogP contribution in [0.5, 0.6) is 0 Å². The molecule has 1 aromatic carbocycles. The van der Waals surface area contributed by atoms with Crippen LogP contribution in [0, 0.1) is 0 Å². The Morgan fingerprint density at radius 1 is 1.23 bits per heavy atom. The molecule has 122 valence electrons. The Morgan fingerprint density at radius 3 is 2.45 bits per heavy atom. The number of nitrogens with one attached hydrogen (secondary N) is 1. The number of carbonyl (C=O) groups excluding carboxylic acids is 1. The summed E-state index contributed by atoms with van der Waals surface area (Å²) in [6.07, 6.45) is 0.440. The van der Waals surface area contributed by atoms with Crippen LogP contribution >= 0.6 is 0 Å². The Labute approximate surface area is 130 Å². The van der Waals surface area contributed by atoms with Crippen LogP contribution in [-0.2, 0) is 26.1 Å². The predicted octanol–water partition coefficient (Wildman–Crippen LogP) is -0.328. The molecule has 1 heterocycles. The van der Waals surface area contributed by atoms with Gasteiger partial charge in [0, 0.05) is 32.6 Å². The van der Waals surface area contributed by atoms with Crippen molar-refractivity contribution in [3.8, 4) is 0 Å². The minimum atomic E-state index is -3.68. The average molecular weight is 327 g/mol. The second kappa shape index (κ2) is 7.68. The SMILES string of the molecule is NS(=O)(=O)c1ccc(CNC(=O)CCN2CCOCC2)cc1. The van der Waals surface area contributed by atoms with Crippen LogP contribution in [0.25, 0.3) is 0 Å². The number of hydrogen-bond donors (Lipinski definition) is 2. The number of rotatable bonds is 6. The molecular formula is C14H21N3O4S. The van der Waals surface area contributed by atoms with Crippen LogP contribution in [0.15, 0.2) is 29.2 Å². The number of amides is 1. The fourth-order valence-electron chi connectivity index (χ4n) is 2.17. The van der Waals surface area contributed by atoms with E-state index in [1.54, 1.807) is 12.1 Å². The van der Waals surface area contributed by atoms with Crippen molar-refractivity contribution < 1.29 is 17.9 Å². The third kappa shape index (κ3) is 5.38. The van der Waals surface area contributed by atoms with E-state index in [0.29, 0.717) is 13.0 Å². The molecule has 0 radical (unpaired) electrons. The summed E-state index contributed by atoms with van der Waals surface area (Å²) in [4.78, 5) is 14.1. The predicted molar refractivity (Wildman–Crippen MR) is 81.5 cm³/mol. The Hall–Kier alpha value is -1.48. The summed E-state index contributed by atoms with van der Waals surface area (Å²) in [6.45, 7) is 4.26. The lowest BCUT2D eigenvalue weighted by molar-refractivity contribution is -0.121. The third-order valence-corrected chi connectivity index (χ3v) is 4.43. The molecule has 1 aliphatic rings. The minimum Gasteiger partial charge on any atom is -0.379 e. The van der Waals surface area contributed by atoms with E-state index >= 15 is 0 Å². The van der Waals surface area contributed by atoms with E-state index in [0.717, 1.165) is 38.4 Å². The maximum Gasteiger partial charge on any atom is 0.238 e.